The quantitative estimate of drug-likeness (QED) is 0.703. The molecule has 5 rings (SSSR count). The molecule has 9 heteroatoms. The molecule has 1 fully saturated rings. The van der Waals surface area contributed by atoms with Crippen LogP contribution in [-0.4, -0.2) is 44.5 Å². The molecule has 2 N–H and O–H groups in total. The lowest BCUT2D eigenvalue weighted by atomic mass is 9.79. The summed E-state index contributed by atoms with van der Waals surface area (Å²) in [6, 6.07) is 10.4. The van der Waals surface area contributed by atoms with Crippen LogP contribution in [0, 0.1) is 5.92 Å². The number of nitrogens with one attached hydrogen (secondary N) is 1. The Morgan fingerprint density at radius 3 is 2.77 bits per heavy atom. The molecule has 1 atom stereocenters. The molecule has 1 aliphatic carbocycles. The zero-order chi connectivity index (χ0) is 21.8. The van der Waals surface area contributed by atoms with E-state index in [0.29, 0.717) is 19.4 Å². The van der Waals surface area contributed by atoms with Crippen LogP contribution in [0.1, 0.15) is 22.3 Å². The van der Waals surface area contributed by atoms with Gasteiger partial charge >= 0.3 is 10.2 Å². The second-order valence-corrected chi connectivity index (χ2v) is 9.43. The van der Waals surface area contributed by atoms with Crippen LogP contribution in [0.3, 0.4) is 0 Å². The summed E-state index contributed by atoms with van der Waals surface area (Å²) in [6.07, 6.45) is 4.52. The molecule has 2 heterocycles. The average molecular weight is 437 g/mol. The van der Waals surface area contributed by atoms with Gasteiger partial charge in [0.25, 0.3) is 5.91 Å². The van der Waals surface area contributed by atoms with Crippen LogP contribution in [0.5, 0.6) is 5.75 Å². The van der Waals surface area contributed by atoms with Gasteiger partial charge in [0.15, 0.2) is 5.78 Å². The molecule has 31 heavy (non-hydrogen) atoms. The third-order valence-electron chi connectivity index (χ3n) is 5.87. The van der Waals surface area contributed by atoms with Crippen molar-refractivity contribution in [3.05, 3.63) is 58.0 Å². The predicted molar refractivity (Wildman–Crippen MR) is 116 cm³/mol. The number of carbonyl (C=O) groups excluding carboxylic acids is 2. The minimum Gasteiger partial charge on any atom is -0.506 e. The second kappa shape index (κ2) is 7.05. The zero-order valence-corrected chi connectivity index (χ0v) is 17.2. The molecule has 1 unspecified atom stereocenters. The topological polar surface area (TPSA) is 116 Å². The summed E-state index contributed by atoms with van der Waals surface area (Å²) >= 11 is 0. The van der Waals surface area contributed by atoms with Gasteiger partial charge in [-0.1, -0.05) is 24.3 Å². The fraction of sp³-hybridized carbons (Fsp3) is 0.227. The van der Waals surface area contributed by atoms with Crippen molar-refractivity contribution in [1.82, 2.24) is 4.72 Å². The summed E-state index contributed by atoms with van der Waals surface area (Å²) < 4.78 is 26.8. The van der Waals surface area contributed by atoms with E-state index in [1.54, 1.807) is 12.3 Å². The van der Waals surface area contributed by atoms with Crippen LogP contribution in [0.2, 0.25) is 0 Å². The van der Waals surface area contributed by atoms with Crippen LogP contribution in [0.4, 0.5) is 5.69 Å². The van der Waals surface area contributed by atoms with Crippen LogP contribution in [0.25, 0.3) is 11.6 Å². The lowest BCUT2D eigenvalue weighted by molar-refractivity contribution is -0.117. The standard InChI is InChI=1S/C22H19N3O5S/c26-19-10-15(17-11-23-7-6-14-2-1-3-16(19)22(14)17)8-13-4-5-18(20(27)9-13)25-12-21(28)24-31(25,29)30/h1-7,9,15,27H,8,10-12H2,(H,24,28). The number of hydrogen-bond acceptors (Lipinski definition) is 6. The molecule has 0 spiro atoms. The monoisotopic (exact) mass is 437 g/mol. The van der Waals surface area contributed by atoms with Gasteiger partial charge in [-0.3, -0.25) is 14.6 Å². The van der Waals surface area contributed by atoms with Crippen molar-refractivity contribution in [2.75, 3.05) is 17.4 Å². The van der Waals surface area contributed by atoms with Gasteiger partial charge in [0.05, 0.1) is 12.2 Å². The molecule has 1 amide bonds. The number of hydrogen-bond donors (Lipinski definition) is 2. The van der Waals surface area contributed by atoms with Gasteiger partial charge in [0.1, 0.15) is 12.3 Å². The number of rotatable bonds is 3. The van der Waals surface area contributed by atoms with Crippen LogP contribution in [0.15, 0.2) is 41.4 Å². The SMILES string of the molecule is O=C1CN(c2ccc(CC3CC(=O)c4cccc5c4=C3CN=CC=5)cc2O)S(=O)(=O)N1. The molecule has 1 saturated heterocycles. The molecule has 0 radical (unpaired) electrons. The number of benzene rings is 2. The Bertz CT molecular complexity index is 1390. The number of aromatic hydroxyl groups is 1. The summed E-state index contributed by atoms with van der Waals surface area (Å²) in [7, 11) is -4.00. The summed E-state index contributed by atoms with van der Waals surface area (Å²) in [5.74, 6) is -0.887. The Morgan fingerprint density at radius 1 is 1.19 bits per heavy atom. The molecule has 3 aliphatic rings. The van der Waals surface area contributed by atoms with Gasteiger partial charge in [-0.15, -0.1) is 0 Å². The number of ketones is 1. The minimum absolute atomic E-state index is 0.0378. The van der Waals surface area contributed by atoms with Crippen molar-refractivity contribution in [3.8, 4) is 5.75 Å². The minimum atomic E-state index is -4.00. The Balaban J connectivity index is 1.51. The van der Waals surface area contributed by atoms with Crippen LogP contribution >= 0.6 is 0 Å². The van der Waals surface area contributed by atoms with Gasteiger partial charge < -0.3 is 5.11 Å². The Morgan fingerprint density at radius 2 is 2.03 bits per heavy atom. The van der Waals surface area contributed by atoms with Gasteiger partial charge in [0.2, 0.25) is 0 Å². The highest BCUT2D eigenvalue weighted by molar-refractivity contribution is 7.92. The first-order chi connectivity index (χ1) is 14.8. The molecule has 2 aromatic rings. The molecule has 0 saturated carbocycles. The lowest BCUT2D eigenvalue weighted by Gasteiger charge is -2.25. The maximum atomic E-state index is 12.8. The molecule has 2 aromatic carbocycles. The van der Waals surface area contributed by atoms with Gasteiger partial charge in [-0.25, -0.2) is 9.03 Å². The number of anilines is 1. The predicted octanol–water partition coefficient (Wildman–Crippen LogP) is 0.0341. The van der Waals surface area contributed by atoms with E-state index in [2.05, 4.69) is 4.99 Å². The molecular weight excluding hydrogens is 418 g/mol. The maximum Gasteiger partial charge on any atom is 0.326 e. The fourth-order valence-corrected chi connectivity index (χ4v) is 5.66. The number of aliphatic imine (C=N–C) groups is 1. The highest BCUT2D eigenvalue weighted by Gasteiger charge is 2.35. The van der Waals surface area contributed by atoms with E-state index >= 15 is 0 Å². The maximum absolute atomic E-state index is 12.8. The summed E-state index contributed by atoms with van der Waals surface area (Å²) in [4.78, 5) is 28.7. The van der Waals surface area contributed by atoms with Gasteiger partial charge in [-0.2, -0.15) is 8.42 Å². The highest BCUT2D eigenvalue weighted by atomic mass is 32.2. The Hall–Kier alpha value is -3.46. The van der Waals surface area contributed by atoms with E-state index in [0.717, 1.165) is 31.4 Å². The van der Waals surface area contributed by atoms with Crippen molar-refractivity contribution >= 4 is 45.5 Å². The van der Waals surface area contributed by atoms with Crippen molar-refractivity contribution in [2.45, 2.75) is 12.8 Å². The second-order valence-electron chi connectivity index (χ2n) is 7.84. The summed E-state index contributed by atoms with van der Waals surface area (Å²) in [5.41, 5.74) is 2.62. The molecule has 0 aromatic heterocycles. The molecule has 2 aliphatic heterocycles. The van der Waals surface area contributed by atoms with E-state index in [1.165, 1.54) is 12.1 Å². The third-order valence-corrected chi connectivity index (χ3v) is 7.27. The fourth-order valence-electron chi connectivity index (χ4n) is 4.50. The van der Waals surface area contributed by atoms with E-state index in [1.807, 2.05) is 29.0 Å². The number of nitrogens with zero attached hydrogens (tertiary/aromatic N) is 2. The first-order valence-corrected chi connectivity index (χ1v) is 11.3. The third kappa shape index (κ3) is 3.31. The molecule has 158 valence electrons. The number of phenols is 1. The van der Waals surface area contributed by atoms with Crippen molar-refractivity contribution in [3.63, 3.8) is 0 Å². The Labute approximate surface area is 178 Å². The normalized spacial score (nSPS) is 21.4. The van der Waals surface area contributed by atoms with E-state index < -0.39 is 16.1 Å². The van der Waals surface area contributed by atoms with Gasteiger partial charge in [-0.05, 0) is 52.1 Å². The van der Waals surface area contributed by atoms with Crippen LogP contribution < -0.4 is 19.5 Å². The summed E-state index contributed by atoms with van der Waals surface area (Å²) in [6.45, 7) is 0.126. The molecule has 8 nitrogen and oxygen atoms in total. The number of phenolic OH excluding ortho intramolecular Hbond substituents is 1. The van der Waals surface area contributed by atoms with E-state index in [9.17, 15) is 23.1 Å². The first kappa shape index (κ1) is 19.5. The van der Waals surface area contributed by atoms with Crippen molar-refractivity contribution < 1.29 is 23.1 Å². The largest absolute Gasteiger partial charge is 0.506 e. The molecular formula is C22H19N3O5S. The first-order valence-electron chi connectivity index (χ1n) is 9.84. The van der Waals surface area contributed by atoms with Crippen LogP contribution in [-0.2, 0) is 21.4 Å². The number of amides is 1. The summed E-state index contributed by atoms with van der Waals surface area (Å²) in [5, 5.41) is 12.4. The van der Waals surface area contributed by atoms with E-state index in [4.69, 9.17) is 0 Å². The lowest BCUT2D eigenvalue weighted by Crippen LogP contribution is -2.39. The average Bonchev–Trinajstić information content (AvgIpc) is 2.87. The van der Waals surface area contributed by atoms with Crippen molar-refractivity contribution in [1.29, 1.82) is 0 Å². The molecule has 0 bridgehead atoms. The Kier molecular flexibility index (Phi) is 4.44. The number of Topliss-reactive ketones (excluding diaryl/α,β-unsaturated/α-hetero) is 1. The smallest absolute Gasteiger partial charge is 0.326 e. The zero-order valence-electron chi connectivity index (χ0n) is 16.4. The van der Waals surface area contributed by atoms with Gasteiger partial charge in [0, 0.05) is 18.2 Å². The highest BCUT2D eigenvalue weighted by Crippen LogP contribution is 2.34. The van der Waals surface area contributed by atoms with E-state index in [-0.39, 0.29) is 29.7 Å². The van der Waals surface area contributed by atoms with Crippen molar-refractivity contribution in [2.24, 2.45) is 10.9 Å². The number of carbonyl (C=O) groups is 2.